The molecule has 0 radical (unpaired) electrons. The molecule has 1 unspecified atom stereocenters. The van der Waals surface area contributed by atoms with Crippen LogP contribution in [0.2, 0.25) is 0 Å². The predicted molar refractivity (Wildman–Crippen MR) is 104 cm³/mol. The van der Waals surface area contributed by atoms with Gasteiger partial charge in [0.1, 0.15) is 0 Å². The van der Waals surface area contributed by atoms with Crippen LogP contribution in [0.15, 0.2) is 35.9 Å². The molecule has 1 aliphatic heterocycles. The highest BCUT2D eigenvalue weighted by Crippen LogP contribution is 2.27. The Morgan fingerprint density at radius 1 is 1.08 bits per heavy atom. The second-order valence-electron chi connectivity index (χ2n) is 7.83. The minimum absolute atomic E-state index is 0.761. The summed E-state index contributed by atoms with van der Waals surface area (Å²) in [5.41, 5.74) is 2.72. The Hall–Kier alpha value is -1.12. The van der Waals surface area contributed by atoms with Crippen LogP contribution in [-0.2, 0) is 0 Å². The topological polar surface area (TPSA) is 15.3 Å². The molecule has 0 bridgehead atoms. The summed E-state index contributed by atoms with van der Waals surface area (Å²) in [4.78, 5) is 2.78. The molecule has 0 amide bonds. The van der Waals surface area contributed by atoms with E-state index >= 15 is 0 Å². The van der Waals surface area contributed by atoms with Gasteiger partial charge in [-0.15, -0.1) is 0 Å². The Bertz CT molecular complexity index is 502. The zero-order valence-corrected chi connectivity index (χ0v) is 15.3. The number of nitrogens with one attached hydrogen (secondary N) is 1. The molecule has 1 aliphatic carbocycles. The van der Waals surface area contributed by atoms with Crippen molar-refractivity contribution in [1.82, 2.24) is 10.2 Å². The van der Waals surface area contributed by atoms with E-state index in [1.807, 2.05) is 0 Å². The molecule has 1 saturated heterocycles. The van der Waals surface area contributed by atoms with Crippen LogP contribution in [0.3, 0.4) is 0 Å². The maximum atomic E-state index is 3.70. The molecule has 3 rings (SSSR count). The molecule has 2 fully saturated rings. The quantitative estimate of drug-likeness (QED) is 0.779. The first-order chi connectivity index (χ1) is 11.8. The molecule has 2 heteroatoms. The van der Waals surface area contributed by atoms with Crippen molar-refractivity contribution in [2.75, 3.05) is 26.2 Å². The molecule has 1 aromatic carbocycles. The van der Waals surface area contributed by atoms with Crippen molar-refractivity contribution in [3.63, 3.8) is 0 Å². The Morgan fingerprint density at radius 2 is 1.88 bits per heavy atom. The largest absolute Gasteiger partial charge is 0.311 e. The van der Waals surface area contributed by atoms with Gasteiger partial charge < -0.3 is 5.32 Å². The Kier molecular flexibility index (Phi) is 6.92. The maximum absolute atomic E-state index is 3.70. The van der Waals surface area contributed by atoms with Crippen molar-refractivity contribution < 1.29 is 0 Å². The number of hydrogen-bond acceptors (Lipinski definition) is 2. The highest BCUT2D eigenvalue weighted by atomic mass is 15.2. The van der Waals surface area contributed by atoms with Crippen LogP contribution in [0, 0.1) is 5.92 Å². The van der Waals surface area contributed by atoms with Gasteiger partial charge in [0.15, 0.2) is 0 Å². The van der Waals surface area contributed by atoms with Crippen LogP contribution in [0.4, 0.5) is 0 Å². The Balaban J connectivity index is 1.41. The third kappa shape index (κ3) is 5.46. The van der Waals surface area contributed by atoms with Gasteiger partial charge in [0.2, 0.25) is 0 Å². The molecule has 24 heavy (non-hydrogen) atoms. The second kappa shape index (κ2) is 9.39. The first kappa shape index (κ1) is 17.7. The summed E-state index contributed by atoms with van der Waals surface area (Å²) >= 11 is 0. The number of benzene rings is 1. The van der Waals surface area contributed by atoms with Gasteiger partial charge in [-0.1, -0.05) is 61.2 Å². The standard InChI is InChI=1S/C22H34N2/c1-19(15-20-9-4-2-5-10-20)16-23-17-22-13-8-14-24(22)18-21-11-6-3-7-12-21/h2,4-5,9-10,15,21-23H,3,6-8,11-14,16-18H2,1H3/b19-15+. The lowest BCUT2D eigenvalue weighted by Crippen LogP contribution is -2.41. The van der Waals surface area contributed by atoms with Crippen molar-refractivity contribution in [3.8, 4) is 0 Å². The van der Waals surface area contributed by atoms with Crippen molar-refractivity contribution >= 4 is 6.08 Å². The SMILES string of the molecule is C/C(=C\c1ccccc1)CNCC1CCCN1CC1CCCCC1. The molecular weight excluding hydrogens is 292 g/mol. The molecule has 2 aliphatic rings. The van der Waals surface area contributed by atoms with E-state index in [-0.39, 0.29) is 0 Å². The fourth-order valence-electron chi connectivity index (χ4n) is 4.39. The van der Waals surface area contributed by atoms with Crippen LogP contribution >= 0.6 is 0 Å². The van der Waals surface area contributed by atoms with Crippen molar-refractivity contribution in [2.24, 2.45) is 5.92 Å². The molecule has 0 spiro atoms. The van der Waals surface area contributed by atoms with E-state index in [2.05, 4.69) is 53.5 Å². The van der Waals surface area contributed by atoms with E-state index in [1.54, 1.807) is 0 Å². The third-order valence-electron chi connectivity index (χ3n) is 5.71. The third-order valence-corrected chi connectivity index (χ3v) is 5.71. The second-order valence-corrected chi connectivity index (χ2v) is 7.83. The normalized spacial score (nSPS) is 23.7. The molecular formula is C22H34N2. The summed E-state index contributed by atoms with van der Waals surface area (Å²) in [6.45, 7) is 7.05. The maximum Gasteiger partial charge on any atom is 0.0221 e. The number of rotatable bonds is 7. The zero-order chi connectivity index (χ0) is 16.6. The zero-order valence-electron chi connectivity index (χ0n) is 15.3. The molecule has 1 atom stereocenters. The Labute approximate surface area is 148 Å². The molecule has 1 aromatic rings. The van der Waals surface area contributed by atoms with Crippen LogP contribution < -0.4 is 5.32 Å². The van der Waals surface area contributed by atoms with Crippen LogP contribution in [0.5, 0.6) is 0 Å². The van der Waals surface area contributed by atoms with Crippen molar-refractivity contribution in [1.29, 1.82) is 0 Å². The van der Waals surface area contributed by atoms with Gasteiger partial charge in [-0.2, -0.15) is 0 Å². The lowest BCUT2D eigenvalue weighted by atomic mass is 9.89. The van der Waals surface area contributed by atoms with Gasteiger partial charge >= 0.3 is 0 Å². The summed E-state index contributed by atoms with van der Waals surface area (Å²) < 4.78 is 0. The van der Waals surface area contributed by atoms with Gasteiger partial charge in [-0.3, -0.25) is 4.90 Å². The molecule has 1 N–H and O–H groups in total. The molecule has 132 valence electrons. The molecule has 1 heterocycles. The van der Waals surface area contributed by atoms with Gasteiger partial charge in [0.05, 0.1) is 0 Å². The van der Waals surface area contributed by atoms with E-state index in [1.165, 1.54) is 69.2 Å². The fourth-order valence-corrected chi connectivity index (χ4v) is 4.39. The van der Waals surface area contributed by atoms with E-state index < -0.39 is 0 Å². The van der Waals surface area contributed by atoms with Crippen LogP contribution in [-0.4, -0.2) is 37.1 Å². The summed E-state index contributed by atoms with van der Waals surface area (Å²) in [5, 5.41) is 3.70. The fraction of sp³-hybridized carbons (Fsp3) is 0.636. The van der Waals surface area contributed by atoms with Crippen LogP contribution in [0.25, 0.3) is 6.08 Å². The smallest absolute Gasteiger partial charge is 0.0221 e. The van der Waals surface area contributed by atoms with Crippen LogP contribution in [0.1, 0.15) is 57.4 Å². The molecule has 1 saturated carbocycles. The van der Waals surface area contributed by atoms with E-state index in [4.69, 9.17) is 0 Å². The van der Waals surface area contributed by atoms with Crippen molar-refractivity contribution in [2.45, 2.75) is 57.9 Å². The summed E-state index contributed by atoms with van der Waals surface area (Å²) in [6.07, 6.45) is 12.4. The average Bonchev–Trinajstić information content (AvgIpc) is 3.04. The first-order valence-corrected chi connectivity index (χ1v) is 9.98. The van der Waals surface area contributed by atoms with E-state index in [0.29, 0.717) is 0 Å². The van der Waals surface area contributed by atoms with Gasteiger partial charge in [-0.25, -0.2) is 0 Å². The number of hydrogen-bond donors (Lipinski definition) is 1. The van der Waals surface area contributed by atoms with Crippen molar-refractivity contribution in [3.05, 3.63) is 41.5 Å². The first-order valence-electron chi connectivity index (χ1n) is 9.98. The molecule has 2 nitrogen and oxygen atoms in total. The monoisotopic (exact) mass is 326 g/mol. The Morgan fingerprint density at radius 3 is 2.67 bits per heavy atom. The minimum Gasteiger partial charge on any atom is -0.311 e. The summed E-state index contributed by atoms with van der Waals surface area (Å²) in [6, 6.07) is 11.4. The van der Waals surface area contributed by atoms with Gasteiger partial charge in [0.25, 0.3) is 0 Å². The van der Waals surface area contributed by atoms with E-state index in [9.17, 15) is 0 Å². The summed E-state index contributed by atoms with van der Waals surface area (Å²) in [5.74, 6) is 0.971. The highest BCUT2D eigenvalue weighted by molar-refractivity contribution is 5.52. The highest BCUT2D eigenvalue weighted by Gasteiger charge is 2.26. The lowest BCUT2D eigenvalue weighted by molar-refractivity contribution is 0.185. The van der Waals surface area contributed by atoms with E-state index in [0.717, 1.165) is 25.0 Å². The van der Waals surface area contributed by atoms with Gasteiger partial charge in [-0.05, 0) is 50.6 Å². The predicted octanol–water partition coefficient (Wildman–Crippen LogP) is 4.72. The molecule has 0 aromatic heterocycles. The number of likely N-dealkylation sites (tertiary alicyclic amines) is 1. The lowest BCUT2D eigenvalue weighted by Gasteiger charge is -2.31. The summed E-state index contributed by atoms with van der Waals surface area (Å²) in [7, 11) is 0. The minimum atomic E-state index is 0.761. The average molecular weight is 327 g/mol. The number of nitrogens with zero attached hydrogens (tertiary/aromatic N) is 1. The van der Waals surface area contributed by atoms with Gasteiger partial charge in [0, 0.05) is 25.7 Å².